The Bertz CT molecular complexity index is 47.5. The van der Waals surface area contributed by atoms with Gasteiger partial charge in [-0.1, -0.05) is 0 Å². The van der Waals surface area contributed by atoms with E-state index in [2.05, 4.69) is 0 Å². The van der Waals surface area contributed by atoms with Crippen LogP contribution in [0.5, 0.6) is 0 Å². The number of hydrogen-bond donors (Lipinski definition) is 1. The van der Waals surface area contributed by atoms with Crippen molar-refractivity contribution in [2.24, 2.45) is 0 Å². The second-order valence-corrected chi connectivity index (χ2v) is 1.61. The van der Waals surface area contributed by atoms with Gasteiger partial charge in [-0.15, -0.1) is 0 Å². The highest BCUT2D eigenvalue weighted by atomic mass is 16.6. The molecule has 1 fully saturated rings. The van der Waals surface area contributed by atoms with Gasteiger partial charge in [0.25, 0.3) is 0 Å². The van der Waals surface area contributed by atoms with E-state index in [0.717, 1.165) is 6.61 Å². The molecule has 2 heteroatoms. The van der Waals surface area contributed by atoms with Crippen LogP contribution in [-0.2, 0) is 4.74 Å². The summed E-state index contributed by atoms with van der Waals surface area (Å²) in [5, 5.41) is 8.57. The van der Waals surface area contributed by atoms with Crippen LogP contribution in [0.15, 0.2) is 0 Å². The molecule has 1 rings (SSSR count). The van der Waals surface area contributed by atoms with Gasteiger partial charge < -0.3 is 9.84 Å². The standard InChI is InChI=1S/C4H8O2/c1-3(5)4-2-6-4/h3-5H,2H2,1H3/t3-,4+/m0/s1. The van der Waals surface area contributed by atoms with Crippen LogP contribution in [0, 0.1) is 0 Å². The van der Waals surface area contributed by atoms with E-state index in [-0.39, 0.29) is 12.2 Å². The lowest BCUT2D eigenvalue weighted by atomic mass is 10.3. The van der Waals surface area contributed by atoms with Crippen molar-refractivity contribution in [3.05, 3.63) is 0 Å². The van der Waals surface area contributed by atoms with Gasteiger partial charge in [-0.2, -0.15) is 0 Å². The van der Waals surface area contributed by atoms with Crippen LogP contribution in [0.2, 0.25) is 0 Å². The quantitative estimate of drug-likeness (QED) is 0.449. The van der Waals surface area contributed by atoms with E-state index in [1.54, 1.807) is 6.92 Å². The highest BCUT2D eigenvalue weighted by Gasteiger charge is 2.27. The highest BCUT2D eigenvalue weighted by molar-refractivity contribution is 4.73. The molecule has 1 N–H and O–H groups in total. The summed E-state index contributed by atoms with van der Waals surface area (Å²) in [7, 11) is 0. The van der Waals surface area contributed by atoms with Crippen LogP contribution in [0.4, 0.5) is 0 Å². The third-order valence-corrected chi connectivity index (χ3v) is 0.897. The Morgan fingerprint density at radius 3 is 2.50 bits per heavy atom. The van der Waals surface area contributed by atoms with E-state index in [0.29, 0.717) is 0 Å². The molecule has 0 aromatic carbocycles. The highest BCUT2D eigenvalue weighted by Crippen LogP contribution is 2.12. The molecule has 6 heavy (non-hydrogen) atoms. The smallest absolute Gasteiger partial charge is 0.106 e. The van der Waals surface area contributed by atoms with Crippen LogP contribution < -0.4 is 0 Å². The van der Waals surface area contributed by atoms with E-state index in [1.165, 1.54) is 0 Å². The second kappa shape index (κ2) is 1.21. The zero-order valence-electron chi connectivity index (χ0n) is 3.72. The third kappa shape index (κ3) is 0.698. The molecule has 1 saturated heterocycles. The minimum Gasteiger partial charge on any atom is -0.391 e. The fraction of sp³-hybridized carbons (Fsp3) is 1.00. The Hall–Kier alpha value is -0.0800. The normalized spacial score (nSPS) is 36.0. The van der Waals surface area contributed by atoms with Crippen molar-refractivity contribution in [1.82, 2.24) is 0 Å². The summed E-state index contributed by atoms with van der Waals surface area (Å²) in [6, 6.07) is 0. The molecule has 1 aliphatic rings. The number of epoxide rings is 1. The van der Waals surface area contributed by atoms with Crippen molar-refractivity contribution in [2.75, 3.05) is 6.61 Å². The van der Waals surface area contributed by atoms with Crippen LogP contribution in [0.25, 0.3) is 0 Å². The Morgan fingerprint density at radius 1 is 2.00 bits per heavy atom. The summed E-state index contributed by atoms with van der Waals surface area (Å²) >= 11 is 0. The Labute approximate surface area is 36.7 Å². The van der Waals surface area contributed by atoms with E-state index >= 15 is 0 Å². The maximum Gasteiger partial charge on any atom is 0.106 e. The molecular formula is C4H8O2. The number of aliphatic hydroxyl groups is 1. The lowest BCUT2D eigenvalue weighted by Gasteiger charge is -1.90. The molecule has 0 aromatic heterocycles. The van der Waals surface area contributed by atoms with Gasteiger partial charge >= 0.3 is 0 Å². The Morgan fingerprint density at radius 2 is 2.50 bits per heavy atom. The molecule has 1 heterocycles. The SMILES string of the molecule is C[C@H](O)[C@H]1CO1. The molecule has 0 unspecified atom stereocenters. The van der Waals surface area contributed by atoms with Gasteiger partial charge in [0, 0.05) is 0 Å². The maximum atomic E-state index is 8.57. The van der Waals surface area contributed by atoms with Gasteiger partial charge in [-0.3, -0.25) is 0 Å². The van der Waals surface area contributed by atoms with E-state index in [1.807, 2.05) is 0 Å². The van der Waals surface area contributed by atoms with E-state index in [4.69, 9.17) is 9.84 Å². The fourth-order valence-corrected chi connectivity index (χ4v) is 0.334. The molecule has 2 atom stereocenters. The lowest BCUT2D eigenvalue weighted by molar-refractivity contribution is 0.153. The molecule has 0 aliphatic carbocycles. The Kier molecular flexibility index (Phi) is 0.821. The zero-order chi connectivity index (χ0) is 4.57. The monoisotopic (exact) mass is 88.1 g/mol. The molecule has 2 nitrogen and oxygen atoms in total. The van der Waals surface area contributed by atoms with Gasteiger partial charge in [0.15, 0.2) is 0 Å². The first-order chi connectivity index (χ1) is 2.80. The van der Waals surface area contributed by atoms with Crippen LogP contribution in [0.3, 0.4) is 0 Å². The summed E-state index contributed by atoms with van der Waals surface area (Å²) in [6.45, 7) is 2.48. The van der Waals surface area contributed by atoms with Gasteiger partial charge in [0.1, 0.15) is 6.10 Å². The predicted molar refractivity (Wildman–Crippen MR) is 21.4 cm³/mol. The van der Waals surface area contributed by atoms with Gasteiger partial charge in [-0.25, -0.2) is 0 Å². The van der Waals surface area contributed by atoms with Crippen molar-refractivity contribution in [1.29, 1.82) is 0 Å². The summed E-state index contributed by atoms with van der Waals surface area (Å²) < 4.78 is 4.72. The van der Waals surface area contributed by atoms with Gasteiger partial charge in [0.2, 0.25) is 0 Å². The predicted octanol–water partition coefficient (Wildman–Crippen LogP) is -0.234. The van der Waals surface area contributed by atoms with Crippen molar-refractivity contribution in [3.8, 4) is 0 Å². The maximum absolute atomic E-state index is 8.57. The number of rotatable bonds is 1. The Balaban J connectivity index is 2.13. The molecule has 0 saturated carbocycles. The van der Waals surface area contributed by atoms with Crippen molar-refractivity contribution >= 4 is 0 Å². The van der Waals surface area contributed by atoms with Crippen molar-refractivity contribution < 1.29 is 9.84 Å². The zero-order valence-corrected chi connectivity index (χ0v) is 3.72. The minimum absolute atomic E-state index is 0.157. The van der Waals surface area contributed by atoms with Crippen molar-refractivity contribution in [2.45, 2.75) is 19.1 Å². The summed E-state index contributed by atoms with van der Waals surface area (Å²) in [4.78, 5) is 0. The number of hydrogen-bond acceptors (Lipinski definition) is 2. The molecule has 0 amide bonds. The van der Waals surface area contributed by atoms with Crippen LogP contribution in [-0.4, -0.2) is 23.9 Å². The molecular weight excluding hydrogens is 80.0 g/mol. The van der Waals surface area contributed by atoms with Gasteiger partial charge in [0.05, 0.1) is 12.7 Å². The molecule has 1 aliphatic heterocycles. The minimum atomic E-state index is -0.259. The third-order valence-electron chi connectivity index (χ3n) is 0.897. The van der Waals surface area contributed by atoms with Gasteiger partial charge in [-0.05, 0) is 6.92 Å². The molecule has 0 aromatic rings. The summed E-state index contributed by atoms with van der Waals surface area (Å²) in [6.07, 6.45) is -0.102. The average Bonchev–Trinajstić information content (AvgIpc) is 2.06. The fourth-order valence-electron chi connectivity index (χ4n) is 0.334. The summed E-state index contributed by atoms with van der Waals surface area (Å²) in [5.74, 6) is 0. The topological polar surface area (TPSA) is 32.8 Å². The molecule has 36 valence electrons. The van der Waals surface area contributed by atoms with Crippen LogP contribution >= 0.6 is 0 Å². The first-order valence-corrected chi connectivity index (χ1v) is 2.10. The summed E-state index contributed by atoms with van der Waals surface area (Å²) in [5.41, 5.74) is 0. The van der Waals surface area contributed by atoms with E-state index < -0.39 is 0 Å². The average molecular weight is 88.1 g/mol. The largest absolute Gasteiger partial charge is 0.391 e. The number of aliphatic hydroxyl groups excluding tert-OH is 1. The molecule has 0 bridgehead atoms. The molecule has 0 radical (unpaired) electrons. The molecule has 0 spiro atoms. The van der Waals surface area contributed by atoms with Crippen molar-refractivity contribution in [3.63, 3.8) is 0 Å². The number of ether oxygens (including phenoxy) is 1. The van der Waals surface area contributed by atoms with Crippen LogP contribution in [0.1, 0.15) is 6.92 Å². The first kappa shape index (κ1) is 4.09. The first-order valence-electron chi connectivity index (χ1n) is 2.10. The lowest BCUT2D eigenvalue weighted by Crippen LogP contribution is -2.07. The second-order valence-electron chi connectivity index (χ2n) is 1.61. The van der Waals surface area contributed by atoms with E-state index in [9.17, 15) is 0 Å².